The van der Waals surface area contributed by atoms with Crippen molar-refractivity contribution in [1.82, 2.24) is 0 Å². The smallest absolute Gasteiger partial charge is 0.0688 e. The highest BCUT2D eigenvalue weighted by atomic mass is 14.2. The molecule has 0 nitrogen and oxygen atoms in total. The van der Waals surface area contributed by atoms with Crippen LogP contribution in [0.4, 0.5) is 0 Å². The molecule has 0 spiro atoms. The van der Waals surface area contributed by atoms with Gasteiger partial charge >= 0.3 is 0 Å². The van der Waals surface area contributed by atoms with Gasteiger partial charge in [0, 0.05) is 0 Å². The number of hydrogen-bond donors (Lipinski definition) is 0. The van der Waals surface area contributed by atoms with Crippen molar-refractivity contribution >= 4 is 14.3 Å². The molecule has 0 aromatic carbocycles. The average molecular weight is 468 g/mol. The maximum absolute atomic E-state index is 2.75. The third kappa shape index (κ3) is 15.3. The first-order chi connectivity index (χ1) is 16.6. The second kappa shape index (κ2) is 19.3. The summed E-state index contributed by atoms with van der Waals surface area (Å²) in [6, 6.07) is 0. The molecule has 2 radical (unpaired) electrons. The lowest BCUT2D eigenvalue weighted by Crippen LogP contribution is -2.31. The zero-order chi connectivity index (χ0) is 24.2. The van der Waals surface area contributed by atoms with Crippen molar-refractivity contribution in [1.29, 1.82) is 0 Å². The average Bonchev–Trinajstić information content (AvgIpc) is 2.84. The molecule has 0 aliphatic heterocycles. The van der Waals surface area contributed by atoms with Crippen molar-refractivity contribution in [2.45, 2.75) is 204 Å². The van der Waals surface area contributed by atoms with Crippen molar-refractivity contribution in [3.63, 3.8) is 0 Å². The zero-order valence-electron chi connectivity index (χ0n) is 24.0. The van der Waals surface area contributed by atoms with Crippen LogP contribution in [-0.4, -0.2) is 14.3 Å². The molecule has 0 unspecified atom stereocenters. The molecule has 2 aliphatic carbocycles. The second-order valence-electron chi connectivity index (χ2n) is 13.1. The Hall–Kier alpha value is 0.130. The lowest BCUT2D eigenvalue weighted by atomic mass is 9.20. The van der Waals surface area contributed by atoms with E-state index in [1.807, 2.05) is 0 Å². The molecule has 2 rings (SSSR count). The van der Waals surface area contributed by atoms with Gasteiger partial charge in [-0.1, -0.05) is 204 Å². The molecule has 34 heavy (non-hydrogen) atoms. The fourth-order valence-electron chi connectivity index (χ4n) is 6.64. The van der Waals surface area contributed by atoms with Gasteiger partial charge in [0.05, 0.1) is 14.3 Å². The van der Waals surface area contributed by atoms with E-state index in [9.17, 15) is 0 Å². The highest BCUT2D eigenvalue weighted by molar-refractivity contribution is 7.03. The minimum Gasteiger partial charge on any atom is -0.0688 e. The van der Waals surface area contributed by atoms with Gasteiger partial charge in [0.2, 0.25) is 0 Å². The molecule has 0 aromatic heterocycles. The Morgan fingerprint density at radius 3 is 0.588 bits per heavy atom. The Labute approximate surface area is 218 Å². The van der Waals surface area contributed by atoms with Crippen LogP contribution in [0.5, 0.6) is 0 Å². The van der Waals surface area contributed by atoms with Gasteiger partial charge in [0.1, 0.15) is 0 Å². The van der Waals surface area contributed by atoms with Crippen LogP contribution in [-0.2, 0) is 0 Å². The van der Waals surface area contributed by atoms with E-state index >= 15 is 0 Å². The minimum atomic E-state index is 0.431. The molecule has 0 N–H and O–H groups in total. The first-order valence-corrected chi connectivity index (χ1v) is 16.3. The minimum absolute atomic E-state index is 0.431. The van der Waals surface area contributed by atoms with Crippen LogP contribution in [0.1, 0.15) is 194 Å². The zero-order valence-corrected chi connectivity index (χ0v) is 24.0. The predicted octanol–water partition coefficient (Wildman–Crippen LogP) is 11.6. The summed E-state index contributed by atoms with van der Waals surface area (Å²) in [5.74, 6) is 0. The maximum atomic E-state index is 2.75. The summed E-state index contributed by atoms with van der Waals surface area (Å²) in [4.78, 5) is 0. The summed E-state index contributed by atoms with van der Waals surface area (Å²) < 4.78 is 0. The molecule has 2 aliphatic rings. The van der Waals surface area contributed by atoms with Gasteiger partial charge in [0.25, 0.3) is 0 Å². The van der Waals surface area contributed by atoms with Gasteiger partial charge in [-0.3, -0.25) is 0 Å². The fourth-order valence-corrected chi connectivity index (χ4v) is 6.64. The van der Waals surface area contributed by atoms with Crippen LogP contribution in [0.15, 0.2) is 0 Å². The van der Waals surface area contributed by atoms with Crippen molar-refractivity contribution in [2.75, 3.05) is 0 Å². The Bertz CT molecular complexity index is 386. The molecule has 0 atom stereocenters. The van der Waals surface area contributed by atoms with Crippen LogP contribution in [0.2, 0.25) is 10.6 Å². The molecule has 196 valence electrons. The summed E-state index contributed by atoms with van der Waals surface area (Å²) >= 11 is 0. The molecule has 0 amide bonds. The van der Waals surface area contributed by atoms with E-state index < -0.39 is 0 Å². The van der Waals surface area contributed by atoms with E-state index in [1.54, 1.807) is 0 Å². The summed E-state index contributed by atoms with van der Waals surface area (Å²) in [5.41, 5.74) is 0. The molecule has 0 heterocycles. The van der Waals surface area contributed by atoms with Crippen molar-refractivity contribution in [2.24, 2.45) is 0 Å². The topological polar surface area (TPSA) is 0 Å². The fraction of sp³-hybridized carbons (Fsp3) is 1.00. The monoisotopic (exact) mass is 469 g/mol. The summed E-state index contributed by atoms with van der Waals surface area (Å²) in [6.45, 7) is 5.22. The molecule has 0 aromatic rings. The molecule has 2 heteroatoms. The van der Waals surface area contributed by atoms with Crippen molar-refractivity contribution < 1.29 is 0 Å². The van der Waals surface area contributed by atoms with Gasteiger partial charge < -0.3 is 0 Å². The van der Waals surface area contributed by atoms with E-state index in [0.717, 1.165) is 0 Å². The lowest BCUT2D eigenvalue weighted by Gasteiger charge is -2.36. The van der Waals surface area contributed by atoms with Crippen LogP contribution >= 0.6 is 0 Å². The number of rotatable bonds is 3. The predicted molar refractivity (Wildman–Crippen MR) is 158 cm³/mol. The van der Waals surface area contributed by atoms with Gasteiger partial charge in [-0.2, -0.15) is 0 Å². The van der Waals surface area contributed by atoms with Gasteiger partial charge in [-0.25, -0.2) is 0 Å². The standard InChI is InChI=1S/C32H62B2/c1-31(27-23-19-15-11-7-3-4-8-12-16-20-24-28-31)33-34-32(2)29-25-21-17-13-9-5-6-10-14-18-22-26-30-32/h3-30H2,1-2H3. The first-order valence-electron chi connectivity index (χ1n) is 16.3. The first kappa shape index (κ1) is 30.4. The van der Waals surface area contributed by atoms with Crippen molar-refractivity contribution in [3.8, 4) is 0 Å². The van der Waals surface area contributed by atoms with Crippen molar-refractivity contribution in [3.05, 3.63) is 0 Å². The maximum Gasteiger partial charge on any atom is 0.0742 e. The quantitative estimate of drug-likeness (QED) is 0.361. The lowest BCUT2D eigenvalue weighted by molar-refractivity contribution is 0.442. The second-order valence-corrected chi connectivity index (χ2v) is 13.1. The van der Waals surface area contributed by atoms with E-state index in [0.29, 0.717) is 10.6 Å². The largest absolute Gasteiger partial charge is 0.0742 e. The van der Waals surface area contributed by atoms with E-state index in [1.165, 1.54) is 180 Å². The van der Waals surface area contributed by atoms with Crippen LogP contribution in [0.25, 0.3) is 0 Å². The Kier molecular flexibility index (Phi) is 17.2. The Balaban J connectivity index is 1.87. The highest BCUT2D eigenvalue weighted by Gasteiger charge is 2.31. The van der Waals surface area contributed by atoms with E-state index in [-0.39, 0.29) is 0 Å². The molecular formula is C32H62B2. The Morgan fingerprint density at radius 1 is 0.265 bits per heavy atom. The SMILES string of the molecule is CC1([B][B]C2(C)CCCCCCCCCCCCCC2)CCCCCCCCCCCCCC1. The highest BCUT2D eigenvalue weighted by Crippen LogP contribution is 2.43. The normalized spacial score (nSPS) is 26.1. The van der Waals surface area contributed by atoms with Crippen LogP contribution in [0.3, 0.4) is 0 Å². The van der Waals surface area contributed by atoms with Gasteiger partial charge in [-0.05, 0) is 0 Å². The van der Waals surface area contributed by atoms with E-state index in [2.05, 4.69) is 28.2 Å². The van der Waals surface area contributed by atoms with Gasteiger partial charge in [-0.15, -0.1) is 0 Å². The third-order valence-electron chi connectivity index (χ3n) is 9.38. The molecular weight excluding hydrogens is 406 g/mol. The van der Waals surface area contributed by atoms with Crippen LogP contribution in [0, 0.1) is 0 Å². The third-order valence-corrected chi connectivity index (χ3v) is 9.38. The summed E-state index contributed by atoms with van der Waals surface area (Å²) in [7, 11) is 5.50. The van der Waals surface area contributed by atoms with Crippen LogP contribution < -0.4 is 0 Å². The number of hydrogen-bond acceptors (Lipinski definition) is 0. The summed E-state index contributed by atoms with van der Waals surface area (Å²) in [6.07, 6.45) is 40.9. The Morgan fingerprint density at radius 2 is 0.412 bits per heavy atom. The summed E-state index contributed by atoms with van der Waals surface area (Å²) in [5, 5.41) is 0.861. The van der Waals surface area contributed by atoms with Gasteiger partial charge in [0.15, 0.2) is 0 Å². The molecule has 0 saturated heterocycles. The molecule has 0 bridgehead atoms. The van der Waals surface area contributed by atoms with E-state index in [4.69, 9.17) is 0 Å². The molecule has 2 saturated carbocycles. The molecule has 2 fully saturated rings.